The number of hydrogen-bond donors (Lipinski definition) is 0. The number of aromatic nitrogens is 3. The first-order chi connectivity index (χ1) is 16.5. The first kappa shape index (κ1) is 21.7. The van der Waals surface area contributed by atoms with E-state index in [4.69, 9.17) is 4.74 Å². The number of nitro groups is 1. The largest absolute Gasteiger partial charge is 0.497 e. The fraction of sp³-hybridized carbons (Fsp3) is 0.217. The van der Waals surface area contributed by atoms with E-state index in [2.05, 4.69) is 19.2 Å². The number of benzene rings is 2. The van der Waals surface area contributed by atoms with Crippen LogP contribution in [0.15, 0.2) is 54.9 Å². The third-order valence-corrected chi connectivity index (χ3v) is 6.62. The molecule has 0 atom stereocenters. The molecule has 11 heteroatoms. The minimum atomic E-state index is -0.477. The SMILES string of the molecule is COc1ccc(-c2nsc3c(N4CCN(C(=O)c5ccc([N+](=O)[O-])cc5)CC4)ncnc23)cc1. The maximum absolute atomic E-state index is 12.8. The first-order valence-electron chi connectivity index (χ1n) is 10.6. The number of carbonyl (C=O) groups excluding carboxylic acids is 1. The summed E-state index contributed by atoms with van der Waals surface area (Å²) in [6, 6.07) is 13.4. The fourth-order valence-electron chi connectivity index (χ4n) is 3.94. The number of methoxy groups -OCH3 is 1. The van der Waals surface area contributed by atoms with Crippen LogP contribution in [0.5, 0.6) is 5.75 Å². The summed E-state index contributed by atoms with van der Waals surface area (Å²) in [6.07, 6.45) is 1.55. The van der Waals surface area contributed by atoms with Crippen molar-refractivity contribution in [2.24, 2.45) is 0 Å². The first-order valence-corrected chi connectivity index (χ1v) is 11.4. The zero-order chi connectivity index (χ0) is 23.7. The molecule has 1 aliphatic heterocycles. The van der Waals surface area contributed by atoms with Gasteiger partial charge < -0.3 is 14.5 Å². The summed E-state index contributed by atoms with van der Waals surface area (Å²) < 4.78 is 10.8. The third-order valence-electron chi connectivity index (χ3n) is 5.79. The minimum Gasteiger partial charge on any atom is -0.497 e. The molecule has 2 aromatic heterocycles. The van der Waals surface area contributed by atoms with Crippen molar-refractivity contribution < 1.29 is 14.5 Å². The van der Waals surface area contributed by atoms with Crippen molar-refractivity contribution in [2.45, 2.75) is 0 Å². The minimum absolute atomic E-state index is 0.0345. The molecule has 0 N–H and O–H groups in total. The van der Waals surface area contributed by atoms with Crippen LogP contribution in [0.2, 0.25) is 0 Å². The molecule has 172 valence electrons. The molecule has 1 fully saturated rings. The summed E-state index contributed by atoms with van der Waals surface area (Å²) in [5.41, 5.74) is 2.96. The van der Waals surface area contributed by atoms with Crippen molar-refractivity contribution in [3.05, 3.63) is 70.5 Å². The molecule has 0 bridgehead atoms. The van der Waals surface area contributed by atoms with E-state index < -0.39 is 4.92 Å². The van der Waals surface area contributed by atoms with E-state index in [-0.39, 0.29) is 11.6 Å². The van der Waals surface area contributed by atoms with E-state index in [1.54, 1.807) is 18.3 Å². The number of piperazine rings is 1. The Bertz CT molecular complexity index is 1350. The second-order valence-electron chi connectivity index (χ2n) is 7.72. The Morgan fingerprint density at radius 3 is 2.38 bits per heavy atom. The van der Waals surface area contributed by atoms with Crippen LogP contribution in [0, 0.1) is 10.1 Å². The predicted molar refractivity (Wildman–Crippen MR) is 128 cm³/mol. The summed E-state index contributed by atoms with van der Waals surface area (Å²) in [7, 11) is 1.63. The van der Waals surface area contributed by atoms with Crippen LogP contribution in [-0.4, -0.2) is 63.4 Å². The Hall–Kier alpha value is -4.12. The Kier molecular flexibility index (Phi) is 5.76. The monoisotopic (exact) mass is 476 g/mol. The molecule has 2 aromatic carbocycles. The highest BCUT2D eigenvalue weighted by atomic mass is 32.1. The van der Waals surface area contributed by atoms with Crippen molar-refractivity contribution >= 4 is 39.2 Å². The Morgan fingerprint density at radius 1 is 1.03 bits per heavy atom. The number of nitrogens with zero attached hydrogens (tertiary/aromatic N) is 6. The van der Waals surface area contributed by atoms with Crippen LogP contribution in [0.1, 0.15) is 10.4 Å². The van der Waals surface area contributed by atoms with Crippen LogP contribution >= 0.6 is 11.5 Å². The van der Waals surface area contributed by atoms with Crippen molar-refractivity contribution in [3.63, 3.8) is 0 Å². The van der Waals surface area contributed by atoms with Crippen molar-refractivity contribution in [1.29, 1.82) is 0 Å². The molecular weight excluding hydrogens is 456 g/mol. The van der Waals surface area contributed by atoms with Crippen molar-refractivity contribution in [3.8, 4) is 17.0 Å². The van der Waals surface area contributed by atoms with E-state index in [0.717, 1.165) is 33.0 Å². The van der Waals surface area contributed by atoms with Gasteiger partial charge in [-0.1, -0.05) is 0 Å². The molecule has 0 aliphatic carbocycles. The average Bonchev–Trinajstić information content (AvgIpc) is 3.33. The van der Waals surface area contributed by atoms with E-state index >= 15 is 0 Å². The van der Waals surface area contributed by atoms with E-state index in [0.29, 0.717) is 31.7 Å². The Balaban J connectivity index is 1.32. The molecule has 0 unspecified atom stereocenters. The van der Waals surface area contributed by atoms with Gasteiger partial charge in [0, 0.05) is 49.4 Å². The summed E-state index contributed by atoms with van der Waals surface area (Å²) in [5, 5.41) is 10.8. The number of ether oxygens (including phenoxy) is 1. The molecule has 0 radical (unpaired) electrons. The highest BCUT2D eigenvalue weighted by Gasteiger charge is 2.25. The normalized spacial score (nSPS) is 13.8. The molecule has 0 saturated carbocycles. The van der Waals surface area contributed by atoms with E-state index in [1.807, 2.05) is 24.3 Å². The molecule has 1 saturated heterocycles. The lowest BCUT2D eigenvalue weighted by molar-refractivity contribution is -0.384. The number of amides is 1. The van der Waals surface area contributed by atoms with Gasteiger partial charge in [0.15, 0.2) is 5.82 Å². The van der Waals surface area contributed by atoms with Gasteiger partial charge in [-0.05, 0) is 47.9 Å². The van der Waals surface area contributed by atoms with E-state index in [1.165, 1.54) is 35.8 Å². The Morgan fingerprint density at radius 2 is 1.74 bits per heavy atom. The standard InChI is InChI=1S/C23H20N6O4S/c1-33-18-8-4-15(5-9-18)19-20-21(34-26-19)22(25-14-24-20)27-10-12-28(13-11-27)23(30)16-2-6-17(7-3-16)29(31)32/h2-9,14H,10-13H2,1H3. The maximum Gasteiger partial charge on any atom is 0.269 e. The lowest BCUT2D eigenvalue weighted by Crippen LogP contribution is -2.49. The Labute approximate surface area is 198 Å². The molecule has 0 spiro atoms. The highest BCUT2D eigenvalue weighted by molar-refractivity contribution is 7.14. The van der Waals surface area contributed by atoms with Gasteiger partial charge in [-0.15, -0.1) is 0 Å². The number of anilines is 1. The highest BCUT2D eigenvalue weighted by Crippen LogP contribution is 2.35. The fourth-order valence-corrected chi connectivity index (χ4v) is 4.82. The quantitative estimate of drug-likeness (QED) is 0.317. The third kappa shape index (κ3) is 4.01. The average molecular weight is 477 g/mol. The van der Waals surface area contributed by atoms with Crippen LogP contribution < -0.4 is 9.64 Å². The number of fused-ring (bicyclic) bond motifs is 1. The number of carbonyl (C=O) groups is 1. The second-order valence-corrected chi connectivity index (χ2v) is 8.49. The second kappa shape index (κ2) is 9.02. The lowest BCUT2D eigenvalue weighted by Gasteiger charge is -2.35. The van der Waals surface area contributed by atoms with Gasteiger partial charge in [-0.25, -0.2) is 9.97 Å². The predicted octanol–water partition coefficient (Wildman–Crippen LogP) is 3.63. The van der Waals surface area contributed by atoms with Crippen LogP contribution in [0.4, 0.5) is 11.5 Å². The van der Waals surface area contributed by atoms with Crippen LogP contribution in [-0.2, 0) is 0 Å². The summed E-state index contributed by atoms with van der Waals surface area (Å²) in [6.45, 7) is 2.26. The van der Waals surface area contributed by atoms with Gasteiger partial charge in [0.25, 0.3) is 11.6 Å². The topological polar surface area (TPSA) is 115 Å². The molecular formula is C23H20N6O4S. The number of rotatable bonds is 5. The number of non-ortho nitro benzene ring substituents is 1. The smallest absolute Gasteiger partial charge is 0.269 e. The molecule has 1 aliphatic rings. The van der Waals surface area contributed by atoms with Gasteiger partial charge >= 0.3 is 0 Å². The van der Waals surface area contributed by atoms with Gasteiger partial charge in [-0.3, -0.25) is 14.9 Å². The zero-order valence-electron chi connectivity index (χ0n) is 18.2. The summed E-state index contributed by atoms with van der Waals surface area (Å²) in [4.78, 5) is 36.1. The lowest BCUT2D eigenvalue weighted by atomic mass is 10.1. The van der Waals surface area contributed by atoms with Crippen molar-refractivity contribution in [1.82, 2.24) is 19.2 Å². The van der Waals surface area contributed by atoms with Gasteiger partial charge in [0.2, 0.25) is 0 Å². The molecule has 1 amide bonds. The molecule has 5 rings (SSSR count). The van der Waals surface area contributed by atoms with E-state index in [9.17, 15) is 14.9 Å². The molecule has 34 heavy (non-hydrogen) atoms. The van der Waals surface area contributed by atoms with Crippen molar-refractivity contribution in [2.75, 3.05) is 38.2 Å². The van der Waals surface area contributed by atoms with Crippen LogP contribution in [0.3, 0.4) is 0 Å². The van der Waals surface area contributed by atoms with Gasteiger partial charge in [0.1, 0.15) is 28.0 Å². The molecule has 10 nitrogen and oxygen atoms in total. The van der Waals surface area contributed by atoms with Gasteiger partial charge in [-0.2, -0.15) is 4.37 Å². The number of nitro benzene ring substituents is 1. The molecule has 3 heterocycles. The van der Waals surface area contributed by atoms with Gasteiger partial charge in [0.05, 0.1) is 12.0 Å². The zero-order valence-corrected chi connectivity index (χ0v) is 19.1. The number of hydrogen-bond acceptors (Lipinski definition) is 9. The summed E-state index contributed by atoms with van der Waals surface area (Å²) >= 11 is 1.36. The van der Waals surface area contributed by atoms with Crippen LogP contribution in [0.25, 0.3) is 21.5 Å². The summed E-state index contributed by atoms with van der Waals surface area (Å²) in [5.74, 6) is 1.45. The molecule has 4 aromatic rings. The maximum atomic E-state index is 12.8.